The van der Waals surface area contributed by atoms with E-state index in [0.717, 1.165) is 25.8 Å². The number of amides is 1. The molecular weight excluding hydrogens is 212 g/mol. The monoisotopic (exact) mass is 238 g/mol. The van der Waals surface area contributed by atoms with Gasteiger partial charge in [-0.05, 0) is 38.0 Å². The molecule has 1 amide bonds. The molecule has 2 bridgehead atoms. The second kappa shape index (κ2) is 5.85. The van der Waals surface area contributed by atoms with Gasteiger partial charge < -0.3 is 10.2 Å². The number of hydrogen-bond donors (Lipinski definition) is 1. The lowest BCUT2D eigenvalue weighted by molar-refractivity contribution is -0.131. The van der Waals surface area contributed by atoms with Gasteiger partial charge >= 0.3 is 0 Å². The standard InChI is InChI=1S/C14H26N2O/c1-3-4-7-16(2)14(17)10-11-8-12-5-6-13(9-11)15-12/h11-13,15H,3-10H2,1-2H3. The Morgan fingerprint density at radius 3 is 2.53 bits per heavy atom. The highest BCUT2D eigenvalue weighted by Gasteiger charge is 2.34. The summed E-state index contributed by atoms with van der Waals surface area (Å²) in [5.41, 5.74) is 0. The van der Waals surface area contributed by atoms with Crippen LogP contribution in [0.2, 0.25) is 0 Å². The van der Waals surface area contributed by atoms with Crippen LogP contribution in [0.1, 0.15) is 51.9 Å². The van der Waals surface area contributed by atoms with Gasteiger partial charge in [-0.25, -0.2) is 0 Å². The largest absolute Gasteiger partial charge is 0.346 e. The Balaban J connectivity index is 1.74. The van der Waals surface area contributed by atoms with E-state index in [-0.39, 0.29) is 0 Å². The fourth-order valence-corrected chi connectivity index (χ4v) is 3.26. The van der Waals surface area contributed by atoms with Gasteiger partial charge in [-0.3, -0.25) is 4.79 Å². The summed E-state index contributed by atoms with van der Waals surface area (Å²) in [6.45, 7) is 3.09. The van der Waals surface area contributed by atoms with E-state index in [1.54, 1.807) is 0 Å². The Hall–Kier alpha value is -0.570. The third kappa shape index (κ3) is 3.44. The first-order valence-electron chi connectivity index (χ1n) is 7.19. The fraction of sp³-hybridized carbons (Fsp3) is 0.929. The van der Waals surface area contributed by atoms with Gasteiger partial charge in [0.05, 0.1) is 0 Å². The van der Waals surface area contributed by atoms with Crippen molar-refractivity contribution >= 4 is 5.91 Å². The van der Waals surface area contributed by atoms with Crippen LogP contribution < -0.4 is 5.32 Å². The number of hydrogen-bond acceptors (Lipinski definition) is 2. The minimum atomic E-state index is 0.352. The normalized spacial score (nSPS) is 31.5. The molecule has 2 heterocycles. The molecule has 0 aromatic rings. The van der Waals surface area contributed by atoms with Crippen molar-refractivity contribution in [3.8, 4) is 0 Å². The van der Waals surface area contributed by atoms with E-state index < -0.39 is 0 Å². The maximum atomic E-state index is 12.1. The number of fused-ring (bicyclic) bond motifs is 2. The zero-order valence-electron chi connectivity index (χ0n) is 11.2. The number of nitrogens with one attached hydrogen (secondary N) is 1. The highest BCUT2D eigenvalue weighted by atomic mass is 16.2. The average Bonchev–Trinajstić information content (AvgIpc) is 2.65. The number of carbonyl (C=O) groups excluding carboxylic acids is 1. The highest BCUT2D eigenvalue weighted by Crippen LogP contribution is 2.32. The van der Waals surface area contributed by atoms with Crippen LogP contribution in [0.3, 0.4) is 0 Å². The number of carbonyl (C=O) groups is 1. The van der Waals surface area contributed by atoms with Crippen molar-refractivity contribution in [3.05, 3.63) is 0 Å². The lowest BCUT2D eigenvalue weighted by atomic mass is 9.89. The molecule has 0 aromatic carbocycles. The predicted octanol–water partition coefficient (Wildman–Crippen LogP) is 2.17. The van der Waals surface area contributed by atoms with Gasteiger partial charge in [-0.15, -0.1) is 0 Å². The Morgan fingerprint density at radius 2 is 1.94 bits per heavy atom. The lowest BCUT2D eigenvalue weighted by Gasteiger charge is -2.29. The van der Waals surface area contributed by atoms with Gasteiger partial charge in [0.25, 0.3) is 0 Å². The second-order valence-electron chi connectivity index (χ2n) is 5.85. The zero-order chi connectivity index (χ0) is 12.3. The first-order chi connectivity index (χ1) is 8.19. The molecule has 2 saturated heterocycles. The Bertz CT molecular complexity index is 255. The van der Waals surface area contributed by atoms with Crippen LogP contribution in [0.5, 0.6) is 0 Å². The van der Waals surface area contributed by atoms with Crippen LogP contribution in [-0.4, -0.2) is 36.5 Å². The van der Waals surface area contributed by atoms with E-state index in [0.29, 0.717) is 23.9 Å². The Labute approximate surface area is 105 Å². The molecule has 3 nitrogen and oxygen atoms in total. The van der Waals surface area contributed by atoms with Gasteiger partial charge in [0.15, 0.2) is 0 Å². The molecule has 17 heavy (non-hydrogen) atoms. The summed E-state index contributed by atoms with van der Waals surface area (Å²) >= 11 is 0. The molecule has 2 fully saturated rings. The topological polar surface area (TPSA) is 32.3 Å². The summed E-state index contributed by atoms with van der Waals surface area (Å²) < 4.78 is 0. The maximum absolute atomic E-state index is 12.1. The first-order valence-corrected chi connectivity index (χ1v) is 7.19. The quantitative estimate of drug-likeness (QED) is 0.796. The predicted molar refractivity (Wildman–Crippen MR) is 69.8 cm³/mol. The van der Waals surface area contributed by atoms with Gasteiger partial charge in [0, 0.05) is 32.1 Å². The molecule has 2 atom stereocenters. The summed E-state index contributed by atoms with van der Waals surface area (Å²) in [6, 6.07) is 1.40. The van der Waals surface area contributed by atoms with Crippen molar-refractivity contribution in [2.75, 3.05) is 13.6 Å². The van der Waals surface area contributed by atoms with Crippen molar-refractivity contribution < 1.29 is 4.79 Å². The summed E-state index contributed by atoms with van der Waals surface area (Å²) in [5.74, 6) is 0.982. The summed E-state index contributed by atoms with van der Waals surface area (Å²) in [5, 5.41) is 3.63. The average molecular weight is 238 g/mol. The van der Waals surface area contributed by atoms with Crippen LogP contribution in [0.15, 0.2) is 0 Å². The van der Waals surface area contributed by atoms with Gasteiger partial charge in [-0.2, -0.15) is 0 Å². The third-order valence-corrected chi connectivity index (χ3v) is 4.31. The fourth-order valence-electron chi connectivity index (χ4n) is 3.26. The molecule has 3 heteroatoms. The minimum absolute atomic E-state index is 0.352. The molecule has 0 spiro atoms. The van der Waals surface area contributed by atoms with Crippen LogP contribution in [0, 0.1) is 5.92 Å². The van der Waals surface area contributed by atoms with Crippen molar-refractivity contribution in [3.63, 3.8) is 0 Å². The number of unbranched alkanes of at least 4 members (excludes halogenated alkanes) is 1. The van der Waals surface area contributed by atoms with Gasteiger partial charge in [0.2, 0.25) is 5.91 Å². The Kier molecular flexibility index (Phi) is 4.43. The van der Waals surface area contributed by atoms with Crippen LogP contribution in [0.25, 0.3) is 0 Å². The molecule has 2 unspecified atom stereocenters. The van der Waals surface area contributed by atoms with E-state index in [9.17, 15) is 4.79 Å². The highest BCUT2D eigenvalue weighted by molar-refractivity contribution is 5.76. The molecule has 2 aliphatic heterocycles. The number of piperidine rings is 1. The first kappa shape index (κ1) is 12.9. The van der Waals surface area contributed by atoms with Crippen LogP contribution in [0.4, 0.5) is 0 Å². The lowest BCUT2D eigenvalue weighted by Crippen LogP contribution is -2.40. The van der Waals surface area contributed by atoms with E-state index >= 15 is 0 Å². The summed E-state index contributed by atoms with van der Waals surface area (Å²) in [6.07, 6.45) is 8.12. The molecule has 0 aliphatic carbocycles. The molecule has 1 N–H and O–H groups in total. The number of nitrogens with zero attached hydrogens (tertiary/aromatic N) is 1. The smallest absolute Gasteiger partial charge is 0.222 e. The van der Waals surface area contributed by atoms with Crippen molar-refractivity contribution in [2.45, 2.75) is 64.0 Å². The van der Waals surface area contributed by atoms with Crippen molar-refractivity contribution in [1.29, 1.82) is 0 Å². The van der Waals surface area contributed by atoms with Crippen LogP contribution >= 0.6 is 0 Å². The van der Waals surface area contributed by atoms with E-state index in [2.05, 4.69) is 12.2 Å². The van der Waals surface area contributed by atoms with E-state index in [4.69, 9.17) is 0 Å². The van der Waals surface area contributed by atoms with E-state index in [1.807, 2.05) is 11.9 Å². The second-order valence-corrected chi connectivity index (χ2v) is 5.85. The van der Waals surface area contributed by atoms with Crippen molar-refractivity contribution in [2.24, 2.45) is 5.92 Å². The molecule has 0 radical (unpaired) electrons. The molecular formula is C14H26N2O. The zero-order valence-corrected chi connectivity index (χ0v) is 11.2. The SMILES string of the molecule is CCCCN(C)C(=O)CC1CC2CCC(C1)N2. The molecule has 2 aliphatic rings. The number of rotatable bonds is 5. The van der Waals surface area contributed by atoms with Crippen LogP contribution in [-0.2, 0) is 4.79 Å². The molecule has 98 valence electrons. The van der Waals surface area contributed by atoms with Gasteiger partial charge in [0.1, 0.15) is 0 Å². The Morgan fingerprint density at radius 1 is 1.29 bits per heavy atom. The third-order valence-electron chi connectivity index (χ3n) is 4.31. The molecule has 2 rings (SSSR count). The summed E-state index contributed by atoms with van der Waals surface area (Å²) in [4.78, 5) is 14.0. The molecule has 0 saturated carbocycles. The maximum Gasteiger partial charge on any atom is 0.222 e. The summed E-state index contributed by atoms with van der Waals surface area (Å²) in [7, 11) is 1.95. The van der Waals surface area contributed by atoms with Crippen molar-refractivity contribution in [1.82, 2.24) is 10.2 Å². The molecule has 0 aromatic heterocycles. The van der Waals surface area contributed by atoms with E-state index in [1.165, 1.54) is 25.7 Å². The van der Waals surface area contributed by atoms with Gasteiger partial charge in [-0.1, -0.05) is 13.3 Å². The minimum Gasteiger partial charge on any atom is -0.346 e.